The monoisotopic (exact) mass is 269 g/mol. The topological polar surface area (TPSA) is 78.1 Å². The van der Waals surface area contributed by atoms with Crippen molar-refractivity contribution in [2.75, 3.05) is 6.54 Å². The van der Waals surface area contributed by atoms with Gasteiger partial charge >= 0.3 is 5.97 Å². The summed E-state index contributed by atoms with van der Waals surface area (Å²) in [6.07, 6.45) is 4.92. The molecule has 102 valence electrons. The van der Waals surface area contributed by atoms with Crippen molar-refractivity contribution in [1.82, 2.24) is 9.97 Å². The molecule has 0 aliphatic rings. The summed E-state index contributed by atoms with van der Waals surface area (Å²) in [5.41, 5.74) is 7.79. The van der Waals surface area contributed by atoms with Gasteiger partial charge in [0.25, 0.3) is 0 Å². The SMILES string of the molecule is C=CC(=O)Oc1ccnc(-c2ccccn2)c1CCN. The van der Waals surface area contributed by atoms with E-state index in [0.717, 1.165) is 11.6 Å². The number of carbonyl (C=O) groups excluding carboxylic acids is 1. The fourth-order valence-corrected chi connectivity index (χ4v) is 1.83. The first-order valence-electron chi connectivity index (χ1n) is 6.20. The van der Waals surface area contributed by atoms with Gasteiger partial charge in [0.05, 0.1) is 11.4 Å². The third kappa shape index (κ3) is 3.07. The number of rotatable bonds is 5. The lowest BCUT2D eigenvalue weighted by atomic mass is 10.1. The molecule has 0 radical (unpaired) electrons. The minimum Gasteiger partial charge on any atom is -0.423 e. The van der Waals surface area contributed by atoms with Crippen LogP contribution in [0.3, 0.4) is 0 Å². The van der Waals surface area contributed by atoms with Crippen molar-refractivity contribution in [2.45, 2.75) is 6.42 Å². The van der Waals surface area contributed by atoms with Crippen LogP contribution in [0.4, 0.5) is 0 Å². The van der Waals surface area contributed by atoms with Gasteiger partial charge in [-0.3, -0.25) is 9.97 Å². The molecule has 0 atom stereocenters. The Hall–Kier alpha value is -2.53. The Morgan fingerprint density at radius 2 is 2.15 bits per heavy atom. The van der Waals surface area contributed by atoms with Gasteiger partial charge in [0.2, 0.25) is 0 Å². The minimum atomic E-state index is -0.513. The van der Waals surface area contributed by atoms with Gasteiger partial charge in [0.1, 0.15) is 5.75 Å². The molecule has 20 heavy (non-hydrogen) atoms. The zero-order valence-corrected chi connectivity index (χ0v) is 11.0. The Kier molecular flexibility index (Phi) is 4.57. The van der Waals surface area contributed by atoms with Gasteiger partial charge in [0, 0.05) is 24.0 Å². The molecular weight excluding hydrogens is 254 g/mol. The van der Waals surface area contributed by atoms with E-state index >= 15 is 0 Å². The average Bonchev–Trinajstić information content (AvgIpc) is 2.50. The van der Waals surface area contributed by atoms with E-state index in [-0.39, 0.29) is 0 Å². The Balaban J connectivity index is 2.49. The van der Waals surface area contributed by atoms with Crippen LogP contribution in [0, 0.1) is 0 Å². The quantitative estimate of drug-likeness (QED) is 0.660. The van der Waals surface area contributed by atoms with Crippen LogP contribution in [0.5, 0.6) is 5.75 Å². The Labute approximate surface area is 117 Å². The molecule has 5 nitrogen and oxygen atoms in total. The van der Waals surface area contributed by atoms with Crippen LogP contribution in [0.2, 0.25) is 0 Å². The fourth-order valence-electron chi connectivity index (χ4n) is 1.83. The van der Waals surface area contributed by atoms with E-state index in [4.69, 9.17) is 10.5 Å². The van der Waals surface area contributed by atoms with Crippen LogP contribution >= 0.6 is 0 Å². The van der Waals surface area contributed by atoms with Gasteiger partial charge in [0.15, 0.2) is 0 Å². The molecule has 0 saturated carbocycles. The zero-order valence-electron chi connectivity index (χ0n) is 11.0. The number of esters is 1. The molecule has 0 amide bonds. The molecule has 0 aliphatic heterocycles. The molecule has 0 aliphatic carbocycles. The molecule has 0 fully saturated rings. The van der Waals surface area contributed by atoms with E-state index < -0.39 is 5.97 Å². The van der Waals surface area contributed by atoms with E-state index in [1.165, 1.54) is 0 Å². The molecule has 2 heterocycles. The molecule has 2 N–H and O–H groups in total. The molecule has 2 rings (SSSR count). The molecule has 0 aromatic carbocycles. The predicted octanol–water partition coefficient (Wildman–Crippen LogP) is 1.74. The Morgan fingerprint density at radius 1 is 1.30 bits per heavy atom. The fraction of sp³-hybridized carbons (Fsp3) is 0.133. The van der Waals surface area contributed by atoms with Gasteiger partial charge in [-0.15, -0.1) is 0 Å². The van der Waals surface area contributed by atoms with E-state index in [2.05, 4.69) is 16.5 Å². The van der Waals surface area contributed by atoms with Crippen molar-refractivity contribution in [3.8, 4) is 17.1 Å². The second-order valence-corrected chi connectivity index (χ2v) is 4.02. The van der Waals surface area contributed by atoms with E-state index in [9.17, 15) is 4.79 Å². The van der Waals surface area contributed by atoms with Gasteiger partial charge < -0.3 is 10.5 Å². The first kappa shape index (κ1) is 13.9. The maximum atomic E-state index is 11.4. The molecule has 5 heteroatoms. The minimum absolute atomic E-state index is 0.421. The molecule has 2 aromatic rings. The highest BCUT2D eigenvalue weighted by Crippen LogP contribution is 2.28. The highest BCUT2D eigenvalue weighted by atomic mass is 16.5. The third-order valence-corrected chi connectivity index (χ3v) is 2.69. The molecule has 0 spiro atoms. The number of hydrogen-bond donors (Lipinski definition) is 1. The van der Waals surface area contributed by atoms with E-state index in [1.54, 1.807) is 18.5 Å². The Morgan fingerprint density at radius 3 is 2.80 bits per heavy atom. The van der Waals surface area contributed by atoms with Crippen molar-refractivity contribution in [3.63, 3.8) is 0 Å². The summed E-state index contributed by atoms with van der Waals surface area (Å²) in [7, 11) is 0. The van der Waals surface area contributed by atoms with Gasteiger partial charge in [-0.05, 0) is 31.2 Å². The second kappa shape index (κ2) is 6.58. The third-order valence-electron chi connectivity index (χ3n) is 2.69. The summed E-state index contributed by atoms with van der Waals surface area (Å²) < 4.78 is 5.23. The van der Waals surface area contributed by atoms with Crippen molar-refractivity contribution in [2.24, 2.45) is 5.73 Å². The van der Waals surface area contributed by atoms with Crippen LogP contribution in [0.1, 0.15) is 5.56 Å². The number of aromatic nitrogens is 2. The summed E-state index contributed by atoms with van der Waals surface area (Å²) in [5.74, 6) is -0.0718. The van der Waals surface area contributed by atoms with E-state index in [1.807, 2.05) is 18.2 Å². The molecular formula is C15H15N3O2. The van der Waals surface area contributed by atoms with Gasteiger partial charge in [-0.25, -0.2) is 4.79 Å². The van der Waals surface area contributed by atoms with Crippen molar-refractivity contribution in [3.05, 3.63) is 54.9 Å². The number of hydrogen-bond acceptors (Lipinski definition) is 5. The van der Waals surface area contributed by atoms with Gasteiger partial charge in [-0.1, -0.05) is 12.6 Å². The first-order valence-corrected chi connectivity index (χ1v) is 6.20. The van der Waals surface area contributed by atoms with Crippen LogP contribution in [0.15, 0.2) is 49.3 Å². The normalized spacial score (nSPS) is 10.1. The summed E-state index contributed by atoms with van der Waals surface area (Å²) >= 11 is 0. The van der Waals surface area contributed by atoms with Crippen LogP contribution in [-0.4, -0.2) is 22.5 Å². The number of pyridine rings is 2. The highest BCUT2D eigenvalue weighted by molar-refractivity contribution is 5.84. The van der Waals surface area contributed by atoms with Crippen molar-refractivity contribution < 1.29 is 9.53 Å². The number of carbonyl (C=O) groups is 1. The Bertz CT molecular complexity index is 612. The maximum Gasteiger partial charge on any atom is 0.335 e. The van der Waals surface area contributed by atoms with Crippen molar-refractivity contribution in [1.29, 1.82) is 0 Å². The molecule has 0 bridgehead atoms. The van der Waals surface area contributed by atoms with Crippen molar-refractivity contribution >= 4 is 5.97 Å². The number of nitrogens with zero attached hydrogens (tertiary/aromatic N) is 2. The molecule has 2 aromatic heterocycles. The lowest BCUT2D eigenvalue weighted by molar-refractivity contribution is -0.129. The summed E-state index contributed by atoms with van der Waals surface area (Å²) in [6, 6.07) is 7.19. The van der Waals surface area contributed by atoms with Gasteiger partial charge in [-0.2, -0.15) is 0 Å². The average molecular weight is 269 g/mol. The molecule has 0 unspecified atom stereocenters. The second-order valence-electron chi connectivity index (χ2n) is 4.02. The summed E-state index contributed by atoms with van der Waals surface area (Å²) in [5, 5.41) is 0. The number of ether oxygens (including phenoxy) is 1. The smallest absolute Gasteiger partial charge is 0.335 e. The standard InChI is InChI=1S/C15H15N3O2/c1-2-14(19)20-13-7-10-18-15(11(13)6-8-16)12-5-3-4-9-17-12/h2-5,7,9-10H,1,6,8,16H2. The van der Waals surface area contributed by atoms with Crippen LogP contribution < -0.4 is 10.5 Å². The van der Waals surface area contributed by atoms with Crippen LogP contribution in [-0.2, 0) is 11.2 Å². The lowest BCUT2D eigenvalue weighted by Crippen LogP contribution is -2.11. The van der Waals surface area contributed by atoms with Crippen LogP contribution in [0.25, 0.3) is 11.4 Å². The molecule has 0 saturated heterocycles. The predicted molar refractivity (Wildman–Crippen MR) is 76.1 cm³/mol. The highest BCUT2D eigenvalue weighted by Gasteiger charge is 2.14. The first-order chi connectivity index (χ1) is 9.76. The maximum absolute atomic E-state index is 11.4. The zero-order chi connectivity index (χ0) is 14.4. The van der Waals surface area contributed by atoms with E-state index in [0.29, 0.717) is 30.1 Å². The number of nitrogens with two attached hydrogens (primary N) is 1. The summed E-state index contributed by atoms with van der Waals surface area (Å²) in [6.45, 7) is 3.81. The largest absolute Gasteiger partial charge is 0.423 e. The summed E-state index contributed by atoms with van der Waals surface area (Å²) in [4.78, 5) is 20.0. The lowest BCUT2D eigenvalue weighted by Gasteiger charge is -2.12.